The van der Waals surface area contributed by atoms with Gasteiger partial charge in [-0.15, -0.1) is 11.3 Å². The Morgan fingerprint density at radius 2 is 2.11 bits per heavy atom. The largest absolute Gasteiger partial charge is 0.309 e. The summed E-state index contributed by atoms with van der Waals surface area (Å²) in [4.78, 5) is 5.70. The summed E-state index contributed by atoms with van der Waals surface area (Å²) < 4.78 is 23.7. The Morgan fingerprint density at radius 3 is 2.68 bits per heavy atom. The van der Waals surface area contributed by atoms with Crippen LogP contribution in [0.25, 0.3) is 0 Å². The first-order chi connectivity index (χ1) is 9.04. The first-order valence-electron chi connectivity index (χ1n) is 6.95. The van der Waals surface area contributed by atoms with Crippen LogP contribution in [0.15, 0.2) is 0 Å². The molecule has 1 aliphatic carbocycles. The van der Waals surface area contributed by atoms with Crippen LogP contribution >= 0.6 is 11.3 Å². The standard InChI is InChI=1S/C13H22N2O2S2/c1-3-7-19(16,17)9-13-15-11(4-2)12(18-13)8-14-10-5-6-10/h10,14H,3-9H2,1-2H3. The fourth-order valence-electron chi connectivity index (χ4n) is 2.01. The van der Waals surface area contributed by atoms with Crippen molar-refractivity contribution in [3.8, 4) is 0 Å². The number of nitrogens with zero attached hydrogens (tertiary/aromatic N) is 1. The molecular weight excluding hydrogens is 280 g/mol. The van der Waals surface area contributed by atoms with Gasteiger partial charge in [0.15, 0.2) is 9.84 Å². The van der Waals surface area contributed by atoms with Gasteiger partial charge in [0, 0.05) is 17.5 Å². The molecule has 0 aromatic carbocycles. The van der Waals surface area contributed by atoms with Crippen molar-refractivity contribution in [3.05, 3.63) is 15.6 Å². The van der Waals surface area contributed by atoms with Crippen LogP contribution in [0.1, 0.15) is 48.7 Å². The van der Waals surface area contributed by atoms with Crippen molar-refractivity contribution >= 4 is 21.2 Å². The van der Waals surface area contributed by atoms with Crippen molar-refractivity contribution in [1.82, 2.24) is 10.3 Å². The second-order valence-corrected chi connectivity index (χ2v) is 8.43. The molecule has 4 nitrogen and oxygen atoms in total. The van der Waals surface area contributed by atoms with Crippen LogP contribution in [0, 0.1) is 0 Å². The van der Waals surface area contributed by atoms with Crippen LogP contribution in [0.3, 0.4) is 0 Å². The molecule has 1 aromatic heterocycles. The third-order valence-corrected chi connectivity index (χ3v) is 6.17. The molecule has 0 amide bonds. The van der Waals surface area contributed by atoms with E-state index in [4.69, 9.17) is 0 Å². The number of nitrogens with one attached hydrogen (secondary N) is 1. The molecule has 0 radical (unpaired) electrons. The fourth-order valence-corrected chi connectivity index (χ4v) is 4.89. The maximum atomic E-state index is 11.8. The molecule has 1 aliphatic rings. The number of sulfone groups is 1. The molecule has 108 valence electrons. The lowest BCUT2D eigenvalue weighted by atomic mass is 10.3. The van der Waals surface area contributed by atoms with Gasteiger partial charge in [-0.3, -0.25) is 0 Å². The van der Waals surface area contributed by atoms with Crippen molar-refractivity contribution in [2.24, 2.45) is 0 Å². The normalized spacial score (nSPS) is 15.9. The van der Waals surface area contributed by atoms with Crippen LogP contribution in [-0.2, 0) is 28.6 Å². The maximum absolute atomic E-state index is 11.8. The molecule has 1 aromatic rings. The Hall–Kier alpha value is -0.460. The molecule has 0 spiro atoms. The van der Waals surface area contributed by atoms with E-state index in [-0.39, 0.29) is 11.5 Å². The smallest absolute Gasteiger partial charge is 0.156 e. The van der Waals surface area contributed by atoms with Crippen molar-refractivity contribution in [2.75, 3.05) is 5.75 Å². The zero-order chi connectivity index (χ0) is 13.9. The first kappa shape index (κ1) is 14.9. The molecule has 2 rings (SSSR count). The monoisotopic (exact) mass is 302 g/mol. The number of thiazole rings is 1. The van der Waals surface area contributed by atoms with Crippen LogP contribution in [0.5, 0.6) is 0 Å². The van der Waals surface area contributed by atoms with Gasteiger partial charge in [-0.05, 0) is 25.7 Å². The van der Waals surface area contributed by atoms with Gasteiger partial charge in [0.1, 0.15) is 10.8 Å². The second kappa shape index (κ2) is 6.33. The summed E-state index contributed by atoms with van der Waals surface area (Å²) >= 11 is 1.55. The van der Waals surface area contributed by atoms with Gasteiger partial charge in [-0.1, -0.05) is 13.8 Å². The number of hydrogen-bond donors (Lipinski definition) is 1. The molecule has 0 aliphatic heterocycles. The van der Waals surface area contributed by atoms with Gasteiger partial charge in [-0.25, -0.2) is 13.4 Å². The third kappa shape index (κ3) is 4.54. The van der Waals surface area contributed by atoms with E-state index in [0.29, 0.717) is 12.5 Å². The van der Waals surface area contributed by atoms with E-state index in [2.05, 4.69) is 17.2 Å². The van der Waals surface area contributed by atoms with Gasteiger partial charge < -0.3 is 5.32 Å². The predicted molar refractivity (Wildman–Crippen MR) is 79.1 cm³/mol. The highest BCUT2D eigenvalue weighted by molar-refractivity contribution is 7.90. The Kier molecular flexibility index (Phi) is 4.97. The second-order valence-electron chi connectivity index (χ2n) is 5.08. The lowest BCUT2D eigenvalue weighted by molar-refractivity contribution is 0.593. The van der Waals surface area contributed by atoms with E-state index in [0.717, 1.165) is 23.7 Å². The molecule has 1 heterocycles. The maximum Gasteiger partial charge on any atom is 0.156 e. The van der Waals surface area contributed by atoms with Crippen LogP contribution in [0.4, 0.5) is 0 Å². The van der Waals surface area contributed by atoms with Crippen molar-refractivity contribution in [3.63, 3.8) is 0 Å². The van der Waals surface area contributed by atoms with Gasteiger partial charge >= 0.3 is 0 Å². The molecule has 1 fully saturated rings. The van der Waals surface area contributed by atoms with Gasteiger partial charge in [-0.2, -0.15) is 0 Å². The summed E-state index contributed by atoms with van der Waals surface area (Å²) in [7, 11) is -2.99. The van der Waals surface area contributed by atoms with Crippen molar-refractivity contribution < 1.29 is 8.42 Å². The molecule has 1 N–H and O–H groups in total. The average Bonchev–Trinajstić information content (AvgIpc) is 3.08. The van der Waals surface area contributed by atoms with Gasteiger partial charge in [0.2, 0.25) is 0 Å². The van der Waals surface area contributed by atoms with E-state index in [1.807, 2.05) is 6.92 Å². The summed E-state index contributed by atoms with van der Waals surface area (Å²) in [6.07, 6.45) is 4.06. The number of rotatable bonds is 8. The van der Waals surface area contributed by atoms with E-state index < -0.39 is 9.84 Å². The van der Waals surface area contributed by atoms with E-state index in [9.17, 15) is 8.42 Å². The minimum Gasteiger partial charge on any atom is -0.309 e. The van der Waals surface area contributed by atoms with E-state index in [1.165, 1.54) is 17.7 Å². The third-order valence-electron chi connectivity index (χ3n) is 3.14. The quantitative estimate of drug-likeness (QED) is 0.800. The summed E-state index contributed by atoms with van der Waals surface area (Å²) in [6, 6.07) is 0.666. The average molecular weight is 302 g/mol. The lowest BCUT2D eigenvalue weighted by Crippen LogP contribution is -2.15. The van der Waals surface area contributed by atoms with E-state index in [1.54, 1.807) is 11.3 Å². The Bertz CT molecular complexity index is 519. The minimum absolute atomic E-state index is 0.0991. The molecule has 19 heavy (non-hydrogen) atoms. The predicted octanol–water partition coefficient (Wildman–Crippen LogP) is 2.28. The lowest BCUT2D eigenvalue weighted by Gasteiger charge is -2.00. The Balaban J connectivity index is 2.04. The molecule has 6 heteroatoms. The SMILES string of the molecule is CCCS(=O)(=O)Cc1nc(CC)c(CNC2CC2)s1. The molecule has 0 saturated heterocycles. The van der Waals surface area contributed by atoms with Crippen molar-refractivity contribution in [2.45, 2.75) is 57.9 Å². The highest BCUT2D eigenvalue weighted by atomic mass is 32.2. The van der Waals surface area contributed by atoms with Gasteiger partial charge in [0.05, 0.1) is 11.4 Å². The molecular formula is C13H22N2O2S2. The van der Waals surface area contributed by atoms with Crippen LogP contribution in [0.2, 0.25) is 0 Å². The first-order valence-corrected chi connectivity index (χ1v) is 9.59. The number of aromatic nitrogens is 1. The number of aryl methyl sites for hydroxylation is 1. The Morgan fingerprint density at radius 1 is 1.37 bits per heavy atom. The summed E-state index contributed by atoms with van der Waals surface area (Å²) in [5, 5.41) is 4.22. The Labute approximate surface area is 119 Å². The minimum atomic E-state index is -2.99. The summed E-state index contributed by atoms with van der Waals surface area (Å²) in [5.41, 5.74) is 1.06. The topological polar surface area (TPSA) is 59.1 Å². The summed E-state index contributed by atoms with van der Waals surface area (Å²) in [6.45, 7) is 4.79. The van der Waals surface area contributed by atoms with E-state index >= 15 is 0 Å². The molecule has 0 bridgehead atoms. The van der Waals surface area contributed by atoms with Crippen molar-refractivity contribution in [1.29, 1.82) is 0 Å². The zero-order valence-electron chi connectivity index (χ0n) is 11.6. The molecule has 1 saturated carbocycles. The highest BCUT2D eigenvalue weighted by Gasteiger charge is 2.22. The highest BCUT2D eigenvalue weighted by Crippen LogP contribution is 2.24. The molecule has 0 atom stereocenters. The zero-order valence-corrected chi connectivity index (χ0v) is 13.2. The number of hydrogen-bond acceptors (Lipinski definition) is 5. The molecule has 0 unspecified atom stereocenters. The van der Waals surface area contributed by atoms with Crippen LogP contribution in [-0.4, -0.2) is 25.2 Å². The van der Waals surface area contributed by atoms with Crippen LogP contribution < -0.4 is 5.32 Å². The van der Waals surface area contributed by atoms with Gasteiger partial charge in [0.25, 0.3) is 0 Å². The summed E-state index contributed by atoms with van der Waals surface area (Å²) in [5.74, 6) is 0.353. The fraction of sp³-hybridized carbons (Fsp3) is 0.769.